The molecule has 148 valence electrons. The summed E-state index contributed by atoms with van der Waals surface area (Å²) < 4.78 is 0. The normalized spacial score (nSPS) is 18.0. The van der Waals surface area contributed by atoms with Crippen LogP contribution in [0, 0.1) is 0 Å². The highest BCUT2D eigenvalue weighted by Gasteiger charge is 2.26. The lowest BCUT2D eigenvalue weighted by molar-refractivity contribution is 0.156. The van der Waals surface area contributed by atoms with Crippen LogP contribution in [0.4, 0.5) is 5.69 Å². The molecule has 0 aliphatic heterocycles. The number of anilines is 1. The zero-order valence-corrected chi connectivity index (χ0v) is 16.7. The summed E-state index contributed by atoms with van der Waals surface area (Å²) in [6, 6.07) is 18.7. The second kappa shape index (κ2) is 6.92. The zero-order valence-electron chi connectivity index (χ0n) is 16.7. The van der Waals surface area contributed by atoms with Crippen molar-refractivity contribution < 1.29 is 5.11 Å². The van der Waals surface area contributed by atoms with Crippen LogP contribution < -0.4 is 5.32 Å². The molecule has 4 heteroatoms. The van der Waals surface area contributed by atoms with E-state index in [1.807, 2.05) is 18.2 Å². The van der Waals surface area contributed by atoms with Gasteiger partial charge in [0.05, 0.1) is 28.5 Å². The van der Waals surface area contributed by atoms with Crippen molar-refractivity contribution in [3.8, 4) is 0 Å². The van der Waals surface area contributed by atoms with Gasteiger partial charge in [-0.1, -0.05) is 42.5 Å². The molecule has 0 amide bonds. The summed E-state index contributed by atoms with van der Waals surface area (Å²) in [6.45, 7) is 0. The Kier molecular flexibility index (Phi) is 4.06. The smallest absolute Gasteiger partial charge is 0.0828 e. The monoisotopic (exact) mass is 393 g/mol. The van der Waals surface area contributed by atoms with Crippen molar-refractivity contribution in [2.45, 2.75) is 38.2 Å². The van der Waals surface area contributed by atoms with E-state index in [1.165, 1.54) is 0 Å². The number of aromatic nitrogens is 2. The maximum atomic E-state index is 10.9. The highest BCUT2D eigenvalue weighted by molar-refractivity contribution is 5.98. The van der Waals surface area contributed by atoms with Crippen molar-refractivity contribution in [3.05, 3.63) is 83.2 Å². The minimum Gasteiger partial charge on any atom is -0.388 e. The number of hydrogen-bond acceptors (Lipinski definition) is 4. The van der Waals surface area contributed by atoms with Crippen molar-refractivity contribution >= 4 is 33.2 Å². The summed E-state index contributed by atoms with van der Waals surface area (Å²) in [5.41, 5.74) is 8.35. The lowest BCUT2D eigenvalue weighted by Gasteiger charge is -2.27. The third-order valence-electron chi connectivity index (χ3n) is 6.32. The van der Waals surface area contributed by atoms with Crippen LogP contribution in [0.25, 0.3) is 27.5 Å². The molecule has 0 saturated heterocycles. The number of rotatable bonds is 2. The van der Waals surface area contributed by atoms with E-state index in [-0.39, 0.29) is 0 Å². The van der Waals surface area contributed by atoms with E-state index in [2.05, 4.69) is 47.8 Å². The predicted octanol–water partition coefficient (Wildman–Crippen LogP) is 5.55. The Hall–Kier alpha value is -3.24. The summed E-state index contributed by atoms with van der Waals surface area (Å²) in [5.74, 6) is 0. The molecule has 4 aromatic rings. The van der Waals surface area contributed by atoms with E-state index in [4.69, 9.17) is 9.97 Å². The Balaban J connectivity index is 1.53. The third kappa shape index (κ3) is 2.79. The van der Waals surface area contributed by atoms with Crippen LogP contribution in [0.15, 0.2) is 60.7 Å². The van der Waals surface area contributed by atoms with Gasteiger partial charge in [0, 0.05) is 33.3 Å². The molecule has 0 fully saturated rings. The van der Waals surface area contributed by atoms with Crippen LogP contribution >= 0.6 is 0 Å². The molecule has 2 aromatic carbocycles. The molecule has 1 atom stereocenters. The SMILES string of the molecule is OC1CCCc2nc3ccccc3c(NC3=CCCc4nc5ccccc5cc43)c21. The first kappa shape index (κ1) is 17.6. The van der Waals surface area contributed by atoms with Crippen LogP contribution in [-0.2, 0) is 12.8 Å². The molecule has 1 unspecified atom stereocenters. The second-order valence-electron chi connectivity index (χ2n) is 8.23. The maximum Gasteiger partial charge on any atom is 0.0828 e. The molecular weight excluding hydrogens is 370 g/mol. The molecule has 2 aliphatic carbocycles. The fraction of sp³-hybridized carbons (Fsp3) is 0.231. The van der Waals surface area contributed by atoms with Gasteiger partial charge in [0.2, 0.25) is 0 Å². The molecule has 4 nitrogen and oxygen atoms in total. The zero-order chi connectivity index (χ0) is 20.1. The number of aryl methyl sites for hydroxylation is 2. The highest BCUT2D eigenvalue weighted by Crippen LogP contribution is 2.40. The molecule has 0 saturated carbocycles. The van der Waals surface area contributed by atoms with Gasteiger partial charge in [-0.15, -0.1) is 0 Å². The largest absolute Gasteiger partial charge is 0.388 e. The van der Waals surface area contributed by atoms with E-state index in [9.17, 15) is 5.11 Å². The Morgan fingerprint density at radius 3 is 2.63 bits per heavy atom. The van der Waals surface area contributed by atoms with Crippen molar-refractivity contribution in [2.24, 2.45) is 0 Å². The first-order chi connectivity index (χ1) is 14.8. The van der Waals surface area contributed by atoms with Gasteiger partial charge < -0.3 is 10.4 Å². The first-order valence-corrected chi connectivity index (χ1v) is 10.7. The molecule has 30 heavy (non-hydrogen) atoms. The van der Waals surface area contributed by atoms with Gasteiger partial charge in [0.25, 0.3) is 0 Å². The third-order valence-corrected chi connectivity index (χ3v) is 6.32. The van der Waals surface area contributed by atoms with E-state index < -0.39 is 6.10 Å². The van der Waals surface area contributed by atoms with E-state index >= 15 is 0 Å². The number of benzene rings is 2. The highest BCUT2D eigenvalue weighted by atomic mass is 16.3. The van der Waals surface area contributed by atoms with Crippen molar-refractivity contribution in [3.63, 3.8) is 0 Å². The van der Waals surface area contributed by atoms with Crippen LogP contribution in [0.3, 0.4) is 0 Å². The molecule has 0 spiro atoms. The number of pyridine rings is 2. The van der Waals surface area contributed by atoms with Crippen molar-refractivity contribution in [1.82, 2.24) is 9.97 Å². The number of para-hydroxylation sites is 2. The number of fused-ring (bicyclic) bond motifs is 4. The van der Waals surface area contributed by atoms with Crippen LogP contribution in [0.1, 0.15) is 47.9 Å². The summed E-state index contributed by atoms with van der Waals surface area (Å²) in [5, 5.41) is 16.8. The summed E-state index contributed by atoms with van der Waals surface area (Å²) in [4.78, 5) is 9.80. The van der Waals surface area contributed by atoms with Gasteiger partial charge in [-0.3, -0.25) is 9.97 Å². The number of hydrogen-bond donors (Lipinski definition) is 2. The maximum absolute atomic E-state index is 10.9. The standard InChI is InChI=1S/C26H23N3O/c30-24-14-6-13-23-25(24)26(17-8-2-4-10-20(17)28-23)29-22-12-5-11-21-18(22)15-16-7-1-3-9-19(16)27-21/h1-4,7-10,12,15,24,30H,5-6,11,13-14H2,(H,28,29). The fourth-order valence-corrected chi connectivity index (χ4v) is 4.86. The van der Waals surface area contributed by atoms with Crippen LogP contribution in [0.2, 0.25) is 0 Å². The number of allylic oxidation sites excluding steroid dienone is 1. The number of nitrogens with one attached hydrogen (secondary N) is 1. The molecule has 2 aliphatic rings. The van der Waals surface area contributed by atoms with Crippen molar-refractivity contribution in [2.75, 3.05) is 5.32 Å². The molecule has 6 rings (SSSR count). The average molecular weight is 393 g/mol. The number of aliphatic hydroxyl groups excluding tert-OH is 1. The molecule has 2 N–H and O–H groups in total. The second-order valence-corrected chi connectivity index (χ2v) is 8.23. The van der Waals surface area contributed by atoms with Gasteiger partial charge in [-0.2, -0.15) is 0 Å². The minimum absolute atomic E-state index is 0.480. The van der Waals surface area contributed by atoms with E-state index in [0.29, 0.717) is 0 Å². The predicted molar refractivity (Wildman–Crippen MR) is 121 cm³/mol. The van der Waals surface area contributed by atoms with E-state index in [0.717, 1.165) is 87.8 Å². The van der Waals surface area contributed by atoms with Crippen molar-refractivity contribution in [1.29, 1.82) is 0 Å². The summed E-state index contributed by atoms with van der Waals surface area (Å²) in [7, 11) is 0. The molecule has 2 aromatic heterocycles. The average Bonchev–Trinajstić information content (AvgIpc) is 2.78. The van der Waals surface area contributed by atoms with Gasteiger partial charge in [-0.05, 0) is 50.3 Å². The Labute approximate surface area is 175 Å². The quantitative estimate of drug-likeness (QED) is 0.469. The Morgan fingerprint density at radius 1 is 0.900 bits per heavy atom. The van der Waals surface area contributed by atoms with Gasteiger partial charge in [0.1, 0.15) is 0 Å². The van der Waals surface area contributed by atoms with Gasteiger partial charge >= 0.3 is 0 Å². The van der Waals surface area contributed by atoms with E-state index in [1.54, 1.807) is 0 Å². The lowest BCUT2D eigenvalue weighted by Crippen LogP contribution is -2.16. The van der Waals surface area contributed by atoms with Crippen LogP contribution in [0.5, 0.6) is 0 Å². The van der Waals surface area contributed by atoms with Gasteiger partial charge in [0.15, 0.2) is 0 Å². The Morgan fingerprint density at radius 2 is 1.70 bits per heavy atom. The minimum atomic E-state index is -0.480. The molecule has 0 bridgehead atoms. The topological polar surface area (TPSA) is 58.0 Å². The molecule has 2 heterocycles. The molecule has 0 radical (unpaired) electrons. The Bertz CT molecular complexity index is 1320. The van der Waals surface area contributed by atoms with Gasteiger partial charge in [-0.25, -0.2) is 0 Å². The first-order valence-electron chi connectivity index (χ1n) is 10.7. The number of nitrogens with zero attached hydrogens (tertiary/aromatic N) is 2. The summed E-state index contributed by atoms with van der Waals surface area (Å²) in [6.07, 6.45) is 6.34. The lowest BCUT2D eigenvalue weighted by atomic mass is 9.89. The summed E-state index contributed by atoms with van der Waals surface area (Å²) >= 11 is 0. The fourth-order valence-electron chi connectivity index (χ4n) is 4.86. The molecular formula is C26H23N3O. The number of aliphatic hydroxyl groups is 1. The van der Waals surface area contributed by atoms with Crippen LogP contribution in [-0.4, -0.2) is 15.1 Å².